The maximum absolute atomic E-state index is 5.89. The smallest absolute Gasteiger partial charge is 0.232 e. The van der Waals surface area contributed by atoms with Gasteiger partial charge in [0.25, 0.3) is 0 Å². The van der Waals surface area contributed by atoms with Crippen LogP contribution in [-0.2, 0) is 0 Å². The third kappa shape index (κ3) is 9.96. The number of rotatable bonds is 18. The predicted octanol–water partition coefficient (Wildman–Crippen LogP) is 8.68. The van der Waals surface area contributed by atoms with Crippen LogP contribution in [0.3, 0.4) is 0 Å². The van der Waals surface area contributed by atoms with Crippen molar-refractivity contribution in [2.45, 2.75) is 90.9 Å². The van der Waals surface area contributed by atoms with Crippen molar-refractivity contribution in [3.8, 4) is 34.1 Å². The minimum absolute atomic E-state index is 0.579. The van der Waals surface area contributed by atoms with Gasteiger partial charge in [0.2, 0.25) is 5.88 Å². The molecule has 0 fully saturated rings. The van der Waals surface area contributed by atoms with Gasteiger partial charge in [-0.3, -0.25) is 4.98 Å². The van der Waals surface area contributed by atoms with Gasteiger partial charge in [0.15, 0.2) is 0 Å². The van der Waals surface area contributed by atoms with Gasteiger partial charge in [-0.15, -0.1) is 0 Å². The van der Waals surface area contributed by atoms with E-state index in [2.05, 4.69) is 40.9 Å². The van der Waals surface area contributed by atoms with E-state index in [1.807, 2.05) is 30.5 Å². The Morgan fingerprint density at radius 1 is 0.500 bits per heavy atom. The topological polar surface area (TPSA) is 57.1 Å². The molecule has 1 aromatic carbocycles. The first kappa shape index (κ1) is 27.6. The van der Waals surface area contributed by atoms with Crippen molar-refractivity contribution in [1.29, 1.82) is 0 Å². The van der Waals surface area contributed by atoms with Crippen LogP contribution in [0.1, 0.15) is 90.9 Å². The van der Waals surface area contributed by atoms with E-state index < -0.39 is 0 Å². The quantitative estimate of drug-likeness (QED) is 0.167. The van der Waals surface area contributed by atoms with E-state index >= 15 is 0 Å². The van der Waals surface area contributed by atoms with Gasteiger partial charge in [-0.25, -0.2) is 9.97 Å². The van der Waals surface area contributed by atoms with Crippen LogP contribution in [0.25, 0.3) is 22.5 Å². The van der Waals surface area contributed by atoms with Crippen molar-refractivity contribution >= 4 is 0 Å². The van der Waals surface area contributed by atoms with E-state index in [1.165, 1.54) is 64.2 Å². The number of benzene rings is 1. The lowest BCUT2D eigenvalue weighted by molar-refractivity contribution is 0.292. The molecule has 0 spiro atoms. The summed E-state index contributed by atoms with van der Waals surface area (Å²) in [6.45, 7) is 5.96. The standard InChI is InChI=1S/C31H43N3O2/c1-3-5-7-9-11-13-21-35-28-18-15-26(16-19-28)29-20-17-27(23-32-29)30-24-34-31(25-33-30)36-22-14-12-10-8-6-4-2/h15-20,23-25H,3-14,21-22H2,1-2H3. The van der Waals surface area contributed by atoms with Crippen LogP contribution >= 0.6 is 0 Å². The fourth-order valence-corrected chi connectivity index (χ4v) is 4.11. The molecule has 194 valence electrons. The monoisotopic (exact) mass is 489 g/mol. The molecule has 36 heavy (non-hydrogen) atoms. The molecule has 0 N–H and O–H groups in total. The molecule has 3 rings (SSSR count). The molecule has 5 heteroatoms. The first-order chi connectivity index (χ1) is 17.8. The van der Waals surface area contributed by atoms with E-state index in [1.54, 1.807) is 12.4 Å². The van der Waals surface area contributed by atoms with Gasteiger partial charge in [-0.1, -0.05) is 78.1 Å². The van der Waals surface area contributed by atoms with Gasteiger partial charge in [0.05, 0.1) is 37.0 Å². The van der Waals surface area contributed by atoms with E-state index in [9.17, 15) is 0 Å². The molecular formula is C31H43N3O2. The normalized spacial score (nSPS) is 10.9. The molecule has 0 atom stereocenters. The Bertz CT molecular complexity index is 876. The first-order valence-electron chi connectivity index (χ1n) is 13.9. The van der Waals surface area contributed by atoms with Crippen LogP contribution in [0, 0.1) is 0 Å². The van der Waals surface area contributed by atoms with Crippen molar-refractivity contribution < 1.29 is 9.47 Å². The highest BCUT2D eigenvalue weighted by molar-refractivity contribution is 5.64. The molecule has 0 bridgehead atoms. The molecule has 3 aromatic rings. The summed E-state index contributed by atoms with van der Waals surface area (Å²) in [6, 6.07) is 12.2. The summed E-state index contributed by atoms with van der Waals surface area (Å²) in [5, 5.41) is 0. The fourth-order valence-electron chi connectivity index (χ4n) is 4.11. The third-order valence-corrected chi connectivity index (χ3v) is 6.35. The summed E-state index contributed by atoms with van der Waals surface area (Å²) in [5.41, 5.74) is 3.72. The number of pyridine rings is 1. The highest BCUT2D eigenvalue weighted by atomic mass is 16.5. The number of hydrogen-bond donors (Lipinski definition) is 0. The molecule has 2 heterocycles. The molecule has 5 nitrogen and oxygen atoms in total. The van der Waals surface area contributed by atoms with Gasteiger partial charge >= 0.3 is 0 Å². The van der Waals surface area contributed by atoms with Crippen molar-refractivity contribution in [3.05, 3.63) is 55.0 Å². The Morgan fingerprint density at radius 3 is 1.67 bits per heavy atom. The maximum Gasteiger partial charge on any atom is 0.232 e. The highest BCUT2D eigenvalue weighted by Crippen LogP contribution is 2.24. The van der Waals surface area contributed by atoms with E-state index in [-0.39, 0.29) is 0 Å². The summed E-state index contributed by atoms with van der Waals surface area (Å²) in [6.07, 6.45) is 20.4. The zero-order valence-electron chi connectivity index (χ0n) is 22.3. The molecule has 0 amide bonds. The number of unbranched alkanes of at least 4 members (excludes halogenated alkanes) is 10. The second kappa shape index (κ2) is 16.7. The van der Waals surface area contributed by atoms with E-state index in [0.29, 0.717) is 12.5 Å². The van der Waals surface area contributed by atoms with Crippen LogP contribution in [-0.4, -0.2) is 28.2 Å². The van der Waals surface area contributed by atoms with Crippen molar-refractivity contribution in [2.75, 3.05) is 13.2 Å². The van der Waals surface area contributed by atoms with Gasteiger partial charge in [-0.05, 0) is 49.2 Å². The Morgan fingerprint density at radius 2 is 1.08 bits per heavy atom. The molecule has 0 saturated heterocycles. The van der Waals surface area contributed by atoms with E-state index in [0.717, 1.165) is 47.7 Å². The summed E-state index contributed by atoms with van der Waals surface area (Å²) in [5.74, 6) is 1.49. The number of hydrogen-bond acceptors (Lipinski definition) is 5. The molecule has 0 aliphatic heterocycles. The van der Waals surface area contributed by atoms with Crippen LogP contribution in [0.15, 0.2) is 55.0 Å². The van der Waals surface area contributed by atoms with Gasteiger partial charge in [0, 0.05) is 17.3 Å². The van der Waals surface area contributed by atoms with Gasteiger partial charge in [-0.2, -0.15) is 0 Å². The van der Waals surface area contributed by atoms with Crippen molar-refractivity contribution in [1.82, 2.24) is 15.0 Å². The Kier molecular flexibility index (Phi) is 12.8. The first-order valence-corrected chi connectivity index (χ1v) is 13.9. The van der Waals surface area contributed by atoms with E-state index in [4.69, 9.17) is 9.47 Å². The van der Waals surface area contributed by atoms with Crippen LogP contribution in [0.5, 0.6) is 11.6 Å². The molecule has 0 aliphatic rings. The second-order valence-electron chi connectivity index (χ2n) is 9.43. The number of ether oxygens (including phenoxy) is 2. The molecule has 2 aromatic heterocycles. The number of aromatic nitrogens is 3. The van der Waals surface area contributed by atoms with Crippen LogP contribution in [0.2, 0.25) is 0 Å². The SMILES string of the molecule is CCCCCCCCOc1ccc(-c2ccc(-c3cnc(OCCCCCCCC)cn3)cn2)cc1. The summed E-state index contributed by atoms with van der Waals surface area (Å²) in [7, 11) is 0. The Hall–Kier alpha value is -2.95. The minimum Gasteiger partial charge on any atom is -0.494 e. The zero-order valence-corrected chi connectivity index (χ0v) is 22.3. The molecule has 0 unspecified atom stereocenters. The Labute approximate surface area is 217 Å². The summed E-state index contributed by atoms with van der Waals surface area (Å²) < 4.78 is 11.6. The maximum atomic E-state index is 5.89. The molecule has 0 radical (unpaired) electrons. The third-order valence-electron chi connectivity index (χ3n) is 6.35. The lowest BCUT2D eigenvalue weighted by Gasteiger charge is -2.08. The second-order valence-corrected chi connectivity index (χ2v) is 9.43. The summed E-state index contributed by atoms with van der Waals surface area (Å²) >= 11 is 0. The zero-order chi connectivity index (χ0) is 25.3. The lowest BCUT2D eigenvalue weighted by atomic mass is 10.1. The highest BCUT2D eigenvalue weighted by Gasteiger charge is 2.05. The average Bonchev–Trinajstić information content (AvgIpc) is 2.93. The predicted molar refractivity (Wildman–Crippen MR) is 148 cm³/mol. The molecule has 0 aliphatic carbocycles. The Balaban J connectivity index is 1.41. The van der Waals surface area contributed by atoms with Crippen molar-refractivity contribution in [3.63, 3.8) is 0 Å². The average molecular weight is 490 g/mol. The minimum atomic E-state index is 0.579. The molecular weight excluding hydrogens is 446 g/mol. The largest absolute Gasteiger partial charge is 0.494 e. The lowest BCUT2D eigenvalue weighted by Crippen LogP contribution is -2.00. The fraction of sp³-hybridized carbons (Fsp3) is 0.516. The van der Waals surface area contributed by atoms with Crippen LogP contribution in [0.4, 0.5) is 0 Å². The van der Waals surface area contributed by atoms with Crippen LogP contribution < -0.4 is 9.47 Å². The van der Waals surface area contributed by atoms with Gasteiger partial charge in [0.1, 0.15) is 5.75 Å². The molecule has 0 saturated carbocycles. The number of nitrogens with zero attached hydrogens (tertiary/aromatic N) is 3. The van der Waals surface area contributed by atoms with Crippen molar-refractivity contribution in [2.24, 2.45) is 0 Å². The summed E-state index contributed by atoms with van der Waals surface area (Å²) in [4.78, 5) is 13.6. The van der Waals surface area contributed by atoms with Gasteiger partial charge < -0.3 is 9.47 Å².